The fourth-order valence-corrected chi connectivity index (χ4v) is 8.87. The van der Waals surface area contributed by atoms with Crippen LogP contribution in [0.4, 0.5) is 22.7 Å². The van der Waals surface area contributed by atoms with Gasteiger partial charge in [-0.05, 0) is 146 Å². The molecule has 0 fully saturated rings. The molecule has 4 amide bonds. The average molecular weight is 1230 g/mol. The molecule has 0 aliphatic rings. The highest BCUT2D eigenvalue weighted by molar-refractivity contribution is 6.16. The lowest BCUT2D eigenvalue weighted by molar-refractivity contribution is -0.115. The first kappa shape index (κ1) is 66.3. The fourth-order valence-electron chi connectivity index (χ4n) is 8.87. The number of amides is 4. The molecular formula is C72H54N4O16. The molecule has 0 spiro atoms. The molecule has 9 aromatic carbocycles. The number of carboxylic acids is 4. The Balaban J connectivity index is 0.000000196. The van der Waals surface area contributed by atoms with E-state index in [2.05, 4.69) is 33.1 Å². The van der Waals surface area contributed by atoms with Crippen LogP contribution in [0.15, 0.2) is 194 Å². The van der Waals surface area contributed by atoms with Gasteiger partial charge in [-0.15, -0.1) is 12.8 Å². The molecule has 0 heterocycles. The maximum Gasteiger partial charge on any atom is 0.336 e. The van der Waals surface area contributed by atoms with E-state index >= 15 is 0 Å². The fraction of sp³-hybridized carbons (Fsp3) is 0.0556. The number of aromatic carboxylic acids is 4. The van der Waals surface area contributed by atoms with Gasteiger partial charge in [-0.1, -0.05) is 66.4 Å². The molecule has 0 aliphatic carbocycles. The van der Waals surface area contributed by atoms with Gasteiger partial charge in [0.25, 0.3) is 11.8 Å². The Morgan fingerprint density at radius 1 is 0.337 bits per heavy atom. The molecule has 0 aliphatic heterocycles. The van der Waals surface area contributed by atoms with Crippen LogP contribution in [0.5, 0.6) is 23.0 Å². The second kappa shape index (κ2) is 30.4. The third-order valence-corrected chi connectivity index (χ3v) is 13.1. The van der Waals surface area contributed by atoms with E-state index in [1.165, 1.54) is 86.6 Å². The predicted octanol–water partition coefficient (Wildman–Crippen LogP) is 12.9. The number of rotatable bonds is 18. The summed E-state index contributed by atoms with van der Waals surface area (Å²) in [5.74, 6) is -0.307. The minimum atomic E-state index is -1.33. The Bertz CT molecular complexity index is 4250. The number of carboxylic acid groups (broad SMARTS) is 4. The van der Waals surface area contributed by atoms with Crippen LogP contribution in [0, 0.1) is 38.5 Å². The first-order chi connectivity index (χ1) is 43.9. The summed E-state index contributed by atoms with van der Waals surface area (Å²) in [6, 6.07) is 50.0. The largest absolute Gasteiger partial charge is 0.478 e. The summed E-state index contributed by atoms with van der Waals surface area (Å²) in [5, 5.41) is 47.9. The van der Waals surface area contributed by atoms with Crippen LogP contribution in [0.1, 0.15) is 130 Å². The van der Waals surface area contributed by atoms with Gasteiger partial charge in [-0.3, -0.25) is 28.8 Å². The lowest BCUT2D eigenvalue weighted by Gasteiger charge is -2.11. The van der Waals surface area contributed by atoms with Crippen molar-refractivity contribution in [3.05, 3.63) is 272 Å². The molecule has 20 nitrogen and oxygen atoms in total. The Morgan fingerprint density at radius 3 is 0.946 bits per heavy atom. The molecule has 0 atom stereocenters. The topological polar surface area (TPSA) is 318 Å². The number of terminal acetylenes is 2. The molecule has 8 N–H and O–H groups in total. The molecule has 20 heteroatoms. The summed E-state index contributed by atoms with van der Waals surface area (Å²) in [7, 11) is 0. The van der Waals surface area contributed by atoms with Crippen molar-refractivity contribution in [2.45, 2.75) is 27.7 Å². The summed E-state index contributed by atoms with van der Waals surface area (Å²) in [6.07, 6.45) is 10.7. The summed E-state index contributed by atoms with van der Waals surface area (Å²) in [4.78, 5) is 120. The number of benzene rings is 9. The standard InChI is InChI=1S/2C25H17NO6.C22H20N2O4/c2*1-3-15-5-4-6-18(12-15)26-23(28)21-13-17(8-10-20(21)25(31)32)22(27)16-7-9-19(24(29)30)14(2)11-16;1-15(25)23-17-6-3-8-19(12-17)27-21-10-5-11-22(14-21)28-20-9-4-7-18(13-20)24-16(2)26/h2*1,4-13H,2H3,(H,26,28)(H,29,30)(H,31,32);3-14H,1-2H3,(H,23,25)(H,24,26). The number of ketones is 2. The van der Waals surface area contributed by atoms with Crippen LogP contribution < -0.4 is 30.7 Å². The maximum absolute atomic E-state index is 12.9. The highest BCUT2D eigenvalue weighted by atomic mass is 16.5. The minimum absolute atomic E-state index is 0.0667. The molecule has 0 unspecified atom stereocenters. The lowest BCUT2D eigenvalue weighted by atomic mass is 9.95. The Morgan fingerprint density at radius 2 is 0.630 bits per heavy atom. The van der Waals surface area contributed by atoms with Crippen molar-refractivity contribution in [1.82, 2.24) is 0 Å². The maximum atomic E-state index is 12.9. The van der Waals surface area contributed by atoms with Crippen LogP contribution in [0.3, 0.4) is 0 Å². The molecule has 0 radical (unpaired) electrons. The highest BCUT2D eigenvalue weighted by Crippen LogP contribution is 2.31. The first-order valence-corrected chi connectivity index (χ1v) is 27.4. The van der Waals surface area contributed by atoms with E-state index in [9.17, 15) is 58.2 Å². The van der Waals surface area contributed by atoms with E-state index in [1.54, 1.807) is 117 Å². The normalized spacial score (nSPS) is 10.1. The summed E-state index contributed by atoms with van der Waals surface area (Å²) in [5.41, 5.74) is 3.71. The highest BCUT2D eigenvalue weighted by Gasteiger charge is 2.23. The minimum Gasteiger partial charge on any atom is -0.478 e. The predicted molar refractivity (Wildman–Crippen MR) is 343 cm³/mol. The molecule has 0 saturated heterocycles. The van der Waals surface area contributed by atoms with Crippen LogP contribution in [0.2, 0.25) is 0 Å². The SMILES string of the molecule is C#Cc1cccc(NC(=O)c2cc(C(=O)c3ccc(C(=O)O)c(C)c3)ccc2C(=O)O)c1.C#Cc1cccc(NC(=O)c2cc(C(=O)c3ccc(C(=O)O)c(C)c3)ccc2C(=O)O)c1.CC(=O)Nc1cccc(Oc2cccc(Oc3cccc(NC(C)=O)c3)c2)c1. The summed E-state index contributed by atoms with van der Waals surface area (Å²) >= 11 is 0. The Hall–Kier alpha value is -13.2. The van der Waals surface area contributed by atoms with Crippen LogP contribution >= 0.6 is 0 Å². The Kier molecular flexibility index (Phi) is 21.9. The van der Waals surface area contributed by atoms with E-state index in [4.69, 9.17) is 32.5 Å². The van der Waals surface area contributed by atoms with Gasteiger partial charge in [0.15, 0.2) is 11.6 Å². The number of hydrogen-bond acceptors (Lipinski definition) is 12. The van der Waals surface area contributed by atoms with Gasteiger partial charge in [0, 0.05) is 88.2 Å². The van der Waals surface area contributed by atoms with Crippen LogP contribution in [0.25, 0.3) is 0 Å². The van der Waals surface area contributed by atoms with E-state index < -0.39 is 47.3 Å². The quantitative estimate of drug-likeness (QED) is 0.0292. The molecule has 9 rings (SSSR count). The number of hydrogen-bond donors (Lipinski definition) is 8. The molecule has 458 valence electrons. The van der Waals surface area contributed by atoms with Crippen molar-refractivity contribution in [2.24, 2.45) is 0 Å². The van der Waals surface area contributed by atoms with Crippen molar-refractivity contribution >= 4 is 81.8 Å². The Labute approximate surface area is 526 Å². The zero-order valence-corrected chi connectivity index (χ0v) is 49.3. The van der Waals surface area contributed by atoms with E-state index in [0.717, 1.165) is 0 Å². The third-order valence-electron chi connectivity index (χ3n) is 13.1. The van der Waals surface area contributed by atoms with Gasteiger partial charge >= 0.3 is 23.9 Å². The van der Waals surface area contributed by atoms with Crippen molar-refractivity contribution in [3.8, 4) is 47.7 Å². The van der Waals surface area contributed by atoms with Crippen molar-refractivity contribution in [3.63, 3.8) is 0 Å². The number of carbonyl (C=O) groups is 10. The molecular weight excluding hydrogens is 1180 g/mol. The van der Waals surface area contributed by atoms with Gasteiger partial charge in [0.05, 0.1) is 33.4 Å². The number of ether oxygens (including phenoxy) is 2. The van der Waals surface area contributed by atoms with Gasteiger partial charge in [-0.2, -0.15) is 0 Å². The van der Waals surface area contributed by atoms with Crippen LogP contribution in [-0.2, 0) is 9.59 Å². The van der Waals surface area contributed by atoms with E-state index in [0.29, 0.717) is 68.0 Å². The molecule has 0 saturated carbocycles. The van der Waals surface area contributed by atoms with Crippen molar-refractivity contribution < 1.29 is 77.8 Å². The van der Waals surface area contributed by atoms with E-state index in [1.807, 2.05) is 18.2 Å². The lowest BCUT2D eigenvalue weighted by Crippen LogP contribution is -2.18. The van der Waals surface area contributed by atoms with Crippen molar-refractivity contribution in [1.29, 1.82) is 0 Å². The number of carbonyl (C=O) groups excluding carboxylic acids is 6. The average Bonchev–Trinajstić information content (AvgIpc) is 1.04. The van der Waals surface area contributed by atoms with Gasteiger partial charge in [-0.25, -0.2) is 19.2 Å². The van der Waals surface area contributed by atoms with Crippen molar-refractivity contribution in [2.75, 3.05) is 21.3 Å². The molecule has 92 heavy (non-hydrogen) atoms. The number of anilines is 4. The molecule has 0 aromatic heterocycles. The second-order valence-corrected chi connectivity index (χ2v) is 19.9. The zero-order chi connectivity index (χ0) is 66.8. The molecule has 9 aromatic rings. The smallest absolute Gasteiger partial charge is 0.336 e. The third kappa shape index (κ3) is 17.9. The first-order valence-electron chi connectivity index (χ1n) is 27.4. The van der Waals surface area contributed by atoms with Gasteiger partial charge in [0.1, 0.15) is 23.0 Å². The van der Waals surface area contributed by atoms with E-state index in [-0.39, 0.29) is 67.4 Å². The van der Waals surface area contributed by atoms with Gasteiger partial charge < -0.3 is 51.2 Å². The zero-order valence-electron chi connectivity index (χ0n) is 49.3. The van der Waals surface area contributed by atoms with Gasteiger partial charge in [0.2, 0.25) is 11.8 Å². The second-order valence-electron chi connectivity index (χ2n) is 19.9. The molecule has 0 bridgehead atoms. The number of aryl methyl sites for hydroxylation is 2. The summed E-state index contributed by atoms with van der Waals surface area (Å²) in [6.45, 7) is 6.04. The monoisotopic (exact) mass is 1230 g/mol. The summed E-state index contributed by atoms with van der Waals surface area (Å²) < 4.78 is 11.7. The van der Waals surface area contributed by atoms with Crippen LogP contribution in [-0.4, -0.2) is 79.5 Å². The number of nitrogens with one attached hydrogen (secondary N) is 4.